The monoisotopic (exact) mass is 627 g/mol. The quantitative estimate of drug-likeness (QED) is 0.316. The van der Waals surface area contributed by atoms with Gasteiger partial charge in [-0.1, -0.05) is 66.5 Å². The van der Waals surface area contributed by atoms with Gasteiger partial charge in [-0.15, -0.1) is 0 Å². The highest BCUT2D eigenvalue weighted by molar-refractivity contribution is 6.05. The fourth-order valence-corrected chi connectivity index (χ4v) is 13.3. The maximum Gasteiger partial charge on any atom is 0.178 e. The Balaban J connectivity index is 1.16. The highest BCUT2D eigenvalue weighted by Crippen LogP contribution is 2.74. The van der Waals surface area contributed by atoms with Gasteiger partial charge in [0.2, 0.25) is 0 Å². The minimum Gasteiger partial charge on any atom is -0.303 e. The van der Waals surface area contributed by atoms with Gasteiger partial charge in [0, 0.05) is 29.3 Å². The van der Waals surface area contributed by atoms with E-state index < -0.39 is 10.8 Å². The summed E-state index contributed by atoms with van der Waals surface area (Å²) in [5.74, 6) is 0.521. The number of piperidine rings is 2. The number of ketones is 2. The topological polar surface area (TPSA) is 64.4 Å². The fourth-order valence-electron chi connectivity index (χ4n) is 13.3. The highest BCUT2D eigenvalue weighted by atomic mass is 16.1. The second-order valence-corrected chi connectivity index (χ2v) is 19.2. The lowest BCUT2D eigenvalue weighted by atomic mass is 9.34. The molecule has 8 atom stereocenters. The van der Waals surface area contributed by atoms with Crippen molar-refractivity contribution in [3.05, 3.63) is 23.3 Å². The minimum absolute atomic E-state index is 0.0441. The molecule has 5 fully saturated rings. The Bertz CT molecular complexity index is 1390. The first-order valence-corrected chi connectivity index (χ1v) is 19.0. The van der Waals surface area contributed by atoms with Crippen LogP contribution in [0.2, 0.25) is 0 Å². The summed E-state index contributed by atoms with van der Waals surface area (Å²) in [6.07, 6.45) is 18.9. The van der Waals surface area contributed by atoms with E-state index in [1.807, 2.05) is 19.9 Å². The van der Waals surface area contributed by atoms with Crippen LogP contribution in [0.1, 0.15) is 126 Å². The molecule has 2 saturated heterocycles. The van der Waals surface area contributed by atoms with E-state index in [2.05, 4.69) is 56.6 Å². The summed E-state index contributed by atoms with van der Waals surface area (Å²) in [5, 5.41) is 10.0. The Hall–Kier alpha value is -1.77. The molecule has 7 rings (SSSR count). The van der Waals surface area contributed by atoms with Crippen molar-refractivity contribution in [2.75, 3.05) is 32.7 Å². The van der Waals surface area contributed by atoms with E-state index in [4.69, 9.17) is 0 Å². The Morgan fingerprint density at radius 3 is 2.20 bits per heavy atom. The van der Waals surface area contributed by atoms with Crippen LogP contribution in [0.4, 0.5) is 0 Å². The van der Waals surface area contributed by atoms with Gasteiger partial charge in [0.05, 0.1) is 5.57 Å². The number of carbonyl (C=O) groups excluding carboxylic acids is 2. The molecular formula is C41H61N3O2. The largest absolute Gasteiger partial charge is 0.303 e. The summed E-state index contributed by atoms with van der Waals surface area (Å²) >= 11 is 0. The molecule has 46 heavy (non-hydrogen) atoms. The van der Waals surface area contributed by atoms with Crippen molar-refractivity contribution in [2.24, 2.45) is 50.2 Å². The number of hydrogen-bond acceptors (Lipinski definition) is 5. The molecule has 5 aliphatic carbocycles. The number of Topliss-reactive ketones (excluding diaryl/α,β-unsaturated/α-hetero) is 1. The van der Waals surface area contributed by atoms with Gasteiger partial charge in [0.1, 0.15) is 6.07 Å². The van der Waals surface area contributed by atoms with Crippen LogP contribution < -0.4 is 0 Å². The highest BCUT2D eigenvalue weighted by Gasteiger charge is 2.70. The molecule has 0 radical (unpaired) electrons. The average Bonchev–Trinajstić information content (AvgIpc) is 3.02. The summed E-state index contributed by atoms with van der Waals surface area (Å²) < 4.78 is 0. The second-order valence-electron chi connectivity index (χ2n) is 19.2. The van der Waals surface area contributed by atoms with Crippen molar-refractivity contribution in [1.29, 1.82) is 5.26 Å². The van der Waals surface area contributed by atoms with Crippen molar-refractivity contribution in [1.82, 2.24) is 9.80 Å². The molecule has 252 valence electrons. The van der Waals surface area contributed by atoms with Gasteiger partial charge in [0.15, 0.2) is 11.6 Å². The van der Waals surface area contributed by atoms with Gasteiger partial charge in [-0.25, -0.2) is 0 Å². The van der Waals surface area contributed by atoms with E-state index >= 15 is 0 Å². The number of hydrogen-bond donors (Lipinski definition) is 0. The van der Waals surface area contributed by atoms with Gasteiger partial charge in [-0.2, -0.15) is 5.26 Å². The van der Waals surface area contributed by atoms with Crippen LogP contribution >= 0.6 is 0 Å². The Labute approximate surface area is 279 Å². The summed E-state index contributed by atoms with van der Waals surface area (Å²) in [7, 11) is 0. The molecule has 0 aromatic rings. The maximum absolute atomic E-state index is 14.7. The van der Waals surface area contributed by atoms with Gasteiger partial charge in [-0.05, 0) is 136 Å². The summed E-state index contributed by atoms with van der Waals surface area (Å²) in [6, 6.07) is 3.02. The van der Waals surface area contributed by atoms with Gasteiger partial charge in [-0.3, -0.25) is 9.59 Å². The Morgan fingerprint density at radius 2 is 1.52 bits per heavy atom. The number of rotatable bonds is 3. The Kier molecular flexibility index (Phi) is 7.74. The molecule has 5 nitrogen and oxygen atoms in total. The van der Waals surface area contributed by atoms with E-state index in [1.165, 1.54) is 96.1 Å². The van der Waals surface area contributed by atoms with E-state index in [0.717, 1.165) is 25.3 Å². The molecule has 0 aromatic heterocycles. The van der Waals surface area contributed by atoms with Gasteiger partial charge < -0.3 is 9.80 Å². The van der Waals surface area contributed by atoms with Crippen LogP contribution in [0.15, 0.2) is 23.3 Å². The lowest BCUT2D eigenvalue weighted by Gasteiger charge is -2.69. The van der Waals surface area contributed by atoms with Crippen LogP contribution in [-0.4, -0.2) is 60.1 Å². The van der Waals surface area contributed by atoms with E-state index in [9.17, 15) is 14.9 Å². The van der Waals surface area contributed by atoms with Crippen molar-refractivity contribution in [3.63, 3.8) is 0 Å². The average molecular weight is 628 g/mol. The first kappa shape index (κ1) is 32.8. The predicted octanol–water partition coefficient (Wildman–Crippen LogP) is 8.16. The molecule has 3 unspecified atom stereocenters. The number of allylic oxidation sites excluding steroid dienone is 4. The van der Waals surface area contributed by atoms with Crippen LogP contribution in [0.5, 0.6) is 0 Å². The minimum atomic E-state index is -0.639. The van der Waals surface area contributed by atoms with Crippen molar-refractivity contribution in [3.8, 4) is 6.07 Å². The molecule has 0 aromatic carbocycles. The number of nitrogens with zero attached hydrogens (tertiary/aromatic N) is 3. The summed E-state index contributed by atoms with van der Waals surface area (Å²) in [5.41, 5.74) is 0.851. The molecule has 0 amide bonds. The van der Waals surface area contributed by atoms with Gasteiger partial charge >= 0.3 is 0 Å². The van der Waals surface area contributed by atoms with Crippen molar-refractivity contribution >= 4 is 11.6 Å². The molecule has 0 spiro atoms. The normalized spacial score (nSPS) is 46.6. The number of likely N-dealkylation sites (tertiary alicyclic amines) is 2. The predicted molar refractivity (Wildman–Crippen MR) is 184 cm³/mol. The summed E-state index contributed by atoms with van der Waals surface area (Å²) in [4.78, 5) is 33.7. The third kappa shape index (κ3) is 4.65. The zero-order valence-electron chi connectivity index (χ0n) is 30.1. The third-order valence-corrected chi connectivity index (χ3v) is 16.2. The molecule has 7 aliphatic rings. The zero-order valence-corrected chi connectivity index (χ0v) is 30.1. The molecular weight excluding hydrogens is 566 g/mol. The SMILES string of the molecule is CC1(CN2CCC(N3CCCCC3)CC2)CC[C@]2(C)CC[C@]3(C)C(=CC(=O)C4[C@@]5(C)C=C(C#N)C(=O)C(C)(C)C5CC[C@]43C)[C@H]2C1. The van der Waals surface area contributed by atoms with E-state index in [1.54, 1.807) is 0 Å². The van der Waals surface area contributed by atoms with E-state index in [0.29, 0.717) is 5.92 Å². The molecule has 2 heterocycles. The first-order valence-electron chi connectivity index (χ1n) is 19.0. The molecule has 3 saturated carbocycles. The second kappa shape index (κ2) is 10.9. The van der Waals surface area contributed by atoms with Crippen molar-refractivity contribution < 1.29 is 9.59 Å². The van der Waals surface area contributed by atoms with Gasteiger partial charge in [0.25, 0.3) is 0 Å². The van der Waals surface area contributed by atoms with Crippen molar-refractivity contribution in [2.45, 2.75) is 132 Å². The molecule has 0 N–H and O–H groups in total. The van der Waals surface area contributed by atoms with Crippen LogP contribution in [0.25, 0.3) is 0 Å². The first-order chi connectivity index (χ1) is 21.6. The lowest BCUT2D eigenvalue weighted by molar-refractivity contribution is -0.170. The lowest BCUT2D eigenvalue weighted by Crippen LogP contribution is -2.65. The standard InChI is InChI=1S/C41H61N3O2/c1-36(2)33-11-14-41(7)34(39(33,5)24-28(26-42)35(36)46)32(45)23-30-31-25-37(3,15-16-38(31,4)17-18-40(30,41)6)27-43-21-12-29(13-22-43)44-19-9-8-10-20-44/h23-24,29,31,33-34H,8-22,25,27H2,1-7H3/t31-,33?,34?,37?,38-,39+,40-,41-/m1/s1. The number of carbonyl (C=O) groups is 2. The van der Waals surface area contributed by atoms with Crippen LogP contribution in [-0.2, 0) is 9.59 Å². The van der Waals surface area contributed by atoms with E-state index in [-0.39, 0.29) is 50.6 Å². The smallest absolute Gasteiger partial charge is 0.178 e. The summed E-state index contributed by atoms with van der Waals surface area (Å²) in [6.45, 7) is 22.5. The maximum atomic E-state index is 14.7. The molecule has 0 bridgehead atoms. The number of nitriles is 1. The molecule has 5 heteroatoms. The third-order valence-electron chi connectivity index (χ3n) is 16.2. The molecule has 2 aliphatic heterocycles. The fraction of sp³-hybridized carbons (Fsp3) is 0.829. The number of fused-ring (bicyclic) bond motifs is 7. The zero-order chi connectivity index (χ0) is 32.9. The Morgan fingerprint density at radius 1 is 0.848 bits per heavy atom. The van der Waals surface area contributed by atoms with Crippen LogP contribution in [0.3, 0.4) is 0 Å². The van der Waals surface area contributed by atoms with Crippen LogP contribution in [0, 0.1) is 61.6 Å².